The van der Waals surface area contributed by atoms with Crippen LogP contribution < -0.4 is 5.73 Å². The molecule has 0 aliphatic carbocycles. The standard InChI is InChI=1S/C11H13ClFNO3/c1-17-5-7-8(12)2-6(3-9(7)13)4-10(14)11(15)16/h2-3,10H,4-5,14H2,1H3,(H,15,16). The number of carboxylic acids is 1. The molecule has 1 aromatic rings. The van der Waals surface area contributed by atoms with Gasteiger partial charge >= 0.3 is 5.97 Å². The molecule has 17 heavy (non-hydrogen) atoms. The predicted octanol–water partition coefficient (Wildman–Crippen LogP) is 1.58. The minimum absolute atomic E-state index is 0.0270. The second kappa shape index (κ2) is 5.95. The zero-order valence-electron chi connectivity index (χ0n) is 9.24. The molecule has 0 bridgehead atoms. The number of benzene rings is 1. The third-order valence-corrected chi connectivity index (χ3v) is 2.60. The van der Waals surface area contributed by atoms with E-state index in [9.17, 15) is 9.18 Å². The van der Waals surface area contributed by atoms with Gasteiger partial charge in [0.25, 0.3) is 0 Å². The molecule has 0 aliphatic heterocycles. The predicted molar refractivity (Wildman–Crippen MR) is 61.4 cm³/mol. The van der Waals surface area contributed by atoms with Crippen LogP contribution in [-0.4, -0.2) is 24.2 Å². The first-order chi connectivity index (χ1) is 7.95. The lowest BCUT2D eigenvalue weighted by Gasteiger charge is -2.10. The maximum Gasteiger partial charge on any atom is 0.320 e. The number of carboxylic acid groups (broad SMARTS) is 1. The Hall–Kier alpha value is -1.17. The van der Waals surface area contributed by atoms with Crippen LogP contribution in [0.2, 0.25) is 5.02 Å². The molecule has 0 aromatic heterocycles. The van der Waals surface area contributed by atoms with Crippen LogP contribution in [-0.2, 0) is 22.6 Å². The summed E-state index contributed by atoms with van der Waals surface area (Å²) in [5.74, 6) is -1.66. The number of hydrogen-bond donors (Lipinski definition) is 2. The molecular formula is C11H13ClFNO3. The fourth-order valence-corrected chi connectivity index (χ4v) is 1.68. The van der Waals surface area contributed by atoms with E-state index in [2.05, 4.69) is 0 Å². The largest absolute Gasteiger partial charge is 0.480 e. The Morgan fingerprint density at radius 3 is 2.76 bits per heavy atom. The molecule has 0 fully saturated rings. The third kappa shape index (κ3) is 3.66. The minimum atomic E-state index is -1.14. The van der Waals surface area contributed by atoms with E-state index in [0.717, 1.165) is 0 Å². The van der Waals surface area contributed by atoms with Gasteiger partial charge in [0, 0.05) is 17.7 Å². The summed E-state index contributed by atoms with van der Waals surface area (Å²) in [6.45, 7) is 0.0654. The molecule has 0 radical (unpaired) electrons. The maximum atomic E-state index is 13.6. The van der Waals surface area contributed by atoms with Crippen LogP contribution in [0.25, 0.3) is 0 Å². The van der Waals surface area contributed by atoms with Crippen molar-refractivity contribution in [3.63, 3.8) is 0 Å². The highest BCUT2D eigenvalue weighted by atomic mass is 35.5. The van der Waals surface area contributed by atoms with Gasteiger partial charge in [0.1, 0.15) is 11.9 Å². The third-order valence-electron chi connectivity index (χ3n) is 2.26. The lowest BCUT2D eigenvalue weighted by molar-refractivity contribution is -0.138. The SMILES string of the molecule is COCc1c(F)cc(CC(N)C(=O)O)cc1Cl. The van der Waals surface area contributed by atoms with Crippen molar-refractivity contribution < 1.29 is 19.0 Å². The number of aliphatic carboxylic acids is 1. The quantitative estimate of drug-likeness (QED) is 0.844. The van der Waals surface area contributed by atoms with Crippen molar-refractivity contribution in [2.45, 2.75) is 19.1 Å². The van der Waals surface area contributed by atoms with Gasteiger partial charge in [-0.1, -0.05) is 11.6 Å². The Kier molecular flexibility index (Phi) is 4.86. The van der Waals surface area contributed by atoms with E-state index in [1.807, 2.05) is 0 Å². The first-order valence-electron chi connectivity index (χ1n) is 4.89. The number of methoxy groups -OCH3 is 1. The fourth-order valence-electron chi connectivity index (χ4n) is 1.40. The summed E-state index contributed by atoms with van der Waals surface area (Å²) in [6, 6.07) is 1.66. The Bertz CT molecular complexity index is 402. The normalized spacial score (nSPS) is 12.5. The lowest BCUT2D eigenvalue weighted by Crippen LogP contribution is -2.32. The van der Waals surface area contributed by atoms with E-state index in [4.69, 9.17) is 27.2 Å². The Labute approximate surface area is 103 Å². The maximum absolute atomic E-state index is 13.6. The average Bonchev–Trinajstić information content (AvgIpc) is 2.23. The second-order valence-corrected chi connectivity index (χ2v) is 4.03. The van der Waals surface area contributed by atoms with Crippen LogP contribution in [0.15, 0.2) is 12.1 Å². The number of carbonyl (C=O) groups is 1. The smallest absolute Gasteiger partial charge is 0.320 e. The van der Waals surface area contributed by atoms with Gasteiger partial charge in [-0.05, 0) is 24.1 Å². The number of hydrogen-bond acceptors (Lipinski definition) is 3. The van der Waals surface area contributed by atoms with E-state index in [0.29, 0.717) is 5.56 Å². The van der Waals surface area contributed by atoms with Crippen LogP contribution in [0.1, 0.15) is 11.1 Å². The van der Waals surface area contributed by atoms with Crippen molar-refractivity contribution in [2.75, 3.05) is 7.11 Å². The molecule has 0 heterocycles. The van der Waals surface area contributed by atoms with Gasteiger partial charge in [0.15, 0.2) is 0 Å². The van der Waals surface area contributed by atoms with Crippen molar-refractivity contribution >= 4 is 17.6 Å². The van der Waals surface area contributed by atoms with Crippen LogP contribution >= 0.6 is 11.6 Å². The highest BCUT2D eigenvalue weighted by molar-refractivity contribution is 6.31. The molecule has 1 unspecified atom stereocenters. The first kappa shape index (κ1) is 13.9. The number of halogens is 2. The monoisotopic (exact) mass is 261 g/mol. The summed E-state index contributed by atoms with van der Waals surface area (Å²) >= 11 is 5.87. The molecule has 3 N–H and O–H groups in total. The molecule has 0 aliphatic rings. The number of rotatable bonds is 5. The molecule has 94 valence electrons. The van der Waals surface area contributed by atoms with Crippen molar-refractivity contribution in [2.24, 2.45) is 5.73 Å². The van der Waals surface area contributed by atoms with E-state index in [-0.39, 0.29) is 23.6 Å². The first-order valence-corrected chi connectivity index (χ1v) is 5.27. The van der Waals surface area contributed by atoms with E-state index >= 15 is 0 Å². The lowest BCUT2D eigenvalue weighted by atomic mass is 10.0. The van der Waals surface area contributed by atoms with Crippen LogP contribution in [0.3, 0.4) is 0 Å². The van der Waals surface area contributed by atoms with Crippen molar-refractivity contribution in [1.82, 2.24) is 0 Å². The van der Waals surface area contributed by atoms with Gasteiger partial charge in [0.2, 0.25) is 0 Å². The zero-order valence-corrected chi connectivity index (χ0v) is 10.00. The second-order valence-electron chi connectivity index (χ2n) is 3.62. The summed E-state index contributed by atoms with van der Waals surface area (Å²) in [6.07, 6.45) is 0.0270. The Morgan fingerprint density at radius 2 is 2.29 bits per heavy atom. The number of ether oxygens (including phenoxy) is 1. The molecular weight excluding hydrogens is 249 g/mol. The highest BCUT2D eigenvalue weighted by Gasteiger charge is 2.15. The summed E-state index contributed by atoms with van der Waals surface area (Å²) in [5, 5.41) is 8.86. The van der Waals surface area contributed by atoms with E-state index < -0.39 is 17.8 Å². The van der Waals surface area contributed by atoms with Gasteiger partial charge in [-0.15, -0.1) is 0 Å². The molecule has 0 amide bonds. The summed E-state index contributed by atoms with van der Waals surface area (Å²) < 4.78 is 18.4. The topological polar surface area (TPSA) is 72.5 Å². The molecule has 0 saturated heterocycles. The fraction of sp³-hybridized carbons (Fsp3) is 0.364. The summed E-state index contributed by atoms with van der Waals surface area (Å²) in [5.41, 5.74) is 6.05. The molecule has 6 heteroatoms. The molecule has 4 nitrogen and oxygen atoms in total. The van der Waals surface area contributed by atoms with Gasteiger partial charge < -0.3 is 15.6 Å². The molecule has 0 saturated carbocycles. The minimum Gasteiger partial charge on any atom is -0.480 e. The zero-order chi connectivity index (χ0) is 13.0. The average molecular weight is 262 g/mol. The van der Waals surface area contributed by atoms with E-state index in [1.54, 1.807) is 0 Å². The summed E-state index contributed by atoms with van der Waals surface area (Å²) in [7, 11) is 1.43. The van der Waals surface area contributed by atoms with Crippen molar-refractivity contribution in [3.8, 4) is 0 Å². The van der Waals surface area contributed by atoms with Crippen LogP contribution in [0.4, 0.5) is 4.39 Å². The molecule has 1 rings (SSSR count). The van der Waals surface area contributed by atoms with Gasteiger partial charge in [-0.25, -0.2) is 4.39 Å². The van der Waals surface area contributed by atoms with Crippen molar-refractivity contribution in [3.05, 3.63) is 34.1 Å². The molecule has 1 atom stereocenters. The molecule has 0 spiro atoms. The van der Waals surface area contributed by atoms with Gasteiger partial charge in [-0.3, -0.25) is 4.79 Å². The molecule has 1 aromatic carbocycles. The summed E-state index contributed by atoms with van der Waals surface area (Å²) in [4.78, 5) is 10.6. The van der Waals surface area contributed by atoms with Crippen LogP contribution in [0, 0.1) is 5.82 Å². The van der Waals surface area contributed by atoms with Gasteiger partial charge in [-0.2, -0.15) is 0 Å². The number of nitrogens with two attached hydrogens (primary N) is 1. The van der Waals surface area contributed by atoms with Crippen molar-refractivity contribution in [1.29, 1.82) is 0 Å². The van der Waals surface area contributed by atoms with E-state index in [1.165, 1.54) is 19.2 Å². The Balaban J connectivity index is 2.94. The Morgan fingerprint density at radius 1 is 1.65 bits per heavy atom. The highest BCUT2D eigenvalue weighted by Crippen LogP contribution is 2.23. The van der Waals surface area contributed by atoms with Gasteiger partial charge in [0.05, 0.1) is 6.61 Å². The van der Waals surface area contributed by atoms with Crippen LogP contribution in [0.5, 0.6) is 0 Å².